The third-order valence-electron chi connectivity index (χ3n) is 10.3. The highest BCUT2D eigenvalue weighted by Gasteiger charge is 2.61. The van der Waals surface area contributed by atoms with Crippen LogP contribution < -0.4 is 0 Å². The summed E-state index contributed by atoms with van der Waals surface area (Å²) in [6.45, 7) is 12.2. The molecule has 29 heavy (non-hydrogen) atoms. The van der Waals surface area contributed by atoms with Crippen LogP contribution in [0.4, 0.5) is 0 Å². The summed E-state index contributed by atoms with van der Waals surface area (Å²) in [6, 6.07) is 0. The second kappa shape index (κ2) is 7.97. The fourth-order valence-electron chi connectivity index (χ4n) is 8.65. The van der Waals surface area contributed by atoms with Crippen LogP contribution in [0.5, 0.6) is 0 Å². The first-order valence-electron chi connectivity index (χ1n) is 12.7. The molecule has 0 bridgehead atoms. The monoisotopic (exact) mass is 402 g/mol. The summed E-state index contributed by atoms with van der Waals surface area (Å²) in [7, 11) is 0. The molecule has 0 unspecified atom stereocenters. The Balaban J connectivity index is 1.54. The molecule has 4 aliphatic rings. The van der Waals surface area contributed by atoms with Crippen molar-refractivity contribution in [1.29, 1.82) is 0 Å². The maximum atomic E-state index is 11.3. The van der Waals surface area contributed by atoms with E-state index in [-0.39, 0.29) is 17.6 Å². The predicted octanol–water partition coefficient (Wildman–Crippen LogP) is 6.36. The van der Waals surface area contributed by atoms with Crippen LogP contribution in [0.3, 0.4) is 0 Å². The van der Waals surface area contributed by atoms with Gasteiger partial charge < -0.3 is 10.2 Å². The molecule has 4 rings (SSSR count). The molecule has 166 valence electrons. The third-order valence-corrected chi connectivity index (χ3v) is 10.3. The number of aliphatic hydroxyl groups is 2. The number of fused-ring (bicyclic) bond motifs is 5. The van der Waals surface area contributed by atoms with Crippen molar-refractivity contribution in [1.82, 2.24) is 0 Å². The van der Waals surface area contributed by atoms with Crippen molar-refractivity contribution in [2.45, 2.75) is 111 Å². The Labute approximate surface area is 179 Å². The van der Waals surface area contributed by atoms with E-state index in [1.807, 2.05) is 0 Å². The van der Waals surface area contributed by atoms with Crippen LogP contribution in [0, 0.1) is 46.3 Å². The van der Waals surface area contributed by atoms with Gasteiger partial charge in [0.15, 0.2) is 0 Å². The van der Waals surface area contributed by atoms with E-state index in [0.29, 0.717) is 23.2 Å². The number of hydrogen-bond donors (Lipinski definition) is 2. The van der Waals surface area contributed by atoms with Gasteiger partial charge in [-0.1, -0.05) is 65.5 Å². The van der Waals surface area contributed by atoms with Crippen LogP contribution in [-0.2, 0) is 0 Å². The van der Waals surface area contributed by atoms with Crippen molar-refractivity contribution in [2.24, 2.45) is 46.3 Å². The Kier molecular flexibility index (Phi) is 6.01. The van der Waals surface area contributed by atoms with Gasteiger partial charge in [0, 0.05) is 0 Å². The molecule has 0 heterocycles. The minimum atomic E-state index is -0.298. The minimum Gasteiger partial charge on any atom is -0.393 e. The largest absolute Gasteiger partial charge is 0.393 e. The van der Waals surface area contributed by atoms with E-state index in [2.05, 4.69) is 40.7 Å². The van der Waals surface area contributed by atoms with Gasteiger partial charge in [0.1, 0.15) is 0 Å². The Morgan fingerprint density at radius 3 is 2.45 bits per heavy atom. The van der Waals surface area contributed by atoms with Gasteiger partial charge in [0.2, 0.25) is 0 Å². The summed E-state index contributed by atoms with van der Waals surface area (Å²) >= 11 is 0. The van der Waals surface area contributed by atoms with Crippen LogP contribution in [0.1, 0.15) is 98.8 Å². The summed E-state index contributed by atoms with van der Waals surface area (Å²) < 4.78 is 0. The zero-order valence-corrected chi connectivity index (χ0v) is 19.7. The quantitative estimate of drug-likeness (QED) is 0.525. The lowest BCUT2D eigenvalue weighted by Crippen LogP contribution is -2.54. The highest BCUT2D eigenvalue weighted by atomic mass is 16.3. The molecule has 2 N–H and O–H groups in total. The van der Waals surface area contributed by atoms with Gasteiger partial charge in [0.25, 0.3) is 0 Å². The maximum Gasteiger partial charge on any atom is 0.0757 e. The standard InChI is InChI=1S/C27H46O2/c1-17(2)7-6-8-18(3)21-9-10-22-25-23(12-14-27(21,22)5)26(4)13-11-20(28)15-19(26)16-24(25)29/h16-18,20-25,28-29H,6-15H2,1-5H3/t18-,20+,21+,22-,23-,24+,25-,26-,27+/m0/s1. The van der Waals surface area contributed by atoms with E-state index >= 15 is 0 Å². The highest BCUT2D eigenvalue weighted by molar-refractivity contribution is 5.27. The molecular weight excluding hydrogens is 356 g/mol. The summed E-state index contributed by atoms with van der Waals surface area (Å²) in [5.74, 6) is 4.18. The van der Waals surface area contributed by atoms with Crippen LogP contribution in [0.25, 0.3) is 0 Å². The fraction of sp³-hybridized carbons (Fsp3) is 0.926. The molecule has 0 saturated heterocycles. The van der Waals surface area contributed by atoms with Gasteiger partial charge in [0.05, 0.1) is 12.2 Å². The second-order valence-corrected chi connectivity index (χ2v) is 12.3. The topological polar surface area (TPSA) is 40.5 Å². The first-order valence-corrected chi connectivity index (χ1v) is 12.7. The van der Waals surface area contributed by atoms with Crippen molar-refractivity contribution in [2.75, 3.05) is 0 Å². The second-order valence-electron chi connectivity index (χ2n) is 12.3. The number of hydrogen-bond acceptors (Lipinski definition) is 2. The van der Waals surface area contributed by atoms with Gasteiger partial charge >= 0.3 is 0 Å². The maximum absolute atomic E-state index is 11.3. The molecule has 9 atom stereocenters. The zero-order chi connectivity index (χ0) is 21.0. The molecule has 3 fully saturated rings. The van der Waals surface area contributed by atoms with Crippen molar-refractivity contribution in [3.05, 3.63) is 11.6 Å². The van der Waals surface area contributed by atoms with Gasteiger partial charge in [-0.3, -0.25) is 0 Å². The number of aliphatic hydroxyl groups excluding tert-OH is 2. The van der Waals surface area contributed by atoms with E-state index < -0.39 is 0 Å². The average molecular weight is 403 g/mol. The summed E-state index contributed by atoms with van der Waals surface area (Å²) in [6.07, 6.45) is 13.9. The van der Waals surface area contributed by atoms with Crippen LogP contribution in [0.2, 0.25) is 0 Å². The lowest BCUT2D eigenvalue weighted by Gasteiger charge is -2.59. The molecule has 0 aromatic rings. The van der Waals surface area contributed by atoms with Gasteiger partial charge in [-0.05, 0) is 91.3 Å². The van der Waals surface area contributed by atoms with E-state index in [1.165, 1.54) is 50.5 Å². The minimum absolute atomic E-state index is 0.200. The molecule has 0 radical (unpaired) electrons. The van der Waals surface area contributed by atoms with Gasteiger partial charge in [-0.25, -0.2) is 0 Å². The molecule has 0 amide bonds. The summed E-state index contributed by atoms with van der Waals surface area (Å²) in [5.41, 5.74) is 1.99. The van der Waals surface area contributed by atoms with Gasteiger partial charge in [-0.15, -0.1) is 0 Å². The average Bonchev–Trinajstić information content (AvgIpc) is 3.00. The van der Waals surface area contributed by atoms with Crippen molar-refractivity contribution in [3.63, 3.8) is 0 Å². The molecule has 2 nitrogen and oxygen atoms in total. The Bertz CT molecular complexity index is 624. The van der Waals surface area contributed by atoms with Gasteiger partial charge in [-0.2, -0.15) is 0 Å². The van der Waals surface area contributed by atoms with Crippen LogP contribution in [0.15, 0.2) is 11.6 Å². The molecule has 0 aromatic carbocycles. The fourth-order valence-corrected chi connectivity index (χ4v) is 8.65. The summed E-state index contributed by atoms with van der Waals surface area (Å²) in [4.78, 5) is 0. The van der Waals surface area contributed by atoms with E-state index in [9.17, 15) is 10.2 Å². The number of rotatable bonds is 5. The first-order chi connectivity index (χ1) is 13.7. The molecule has 0 spiro atoms. The molecule has 0 aromatic heterocycles. The highest BCUT2D eigenvalue weighted by Crippen LogP contribution is 2.67. The lowest BCUT2D eigenvalue weighted by atomic mass is 9.46. The van der Waals surface area contributed by atoms with Crippen LogP contribution >= 0.6 is 0 Å². The predicted molar refractivity (Wildman–Crippen MR) is 120 cm³/mol. The molecular formula is C27H46O2. The van der Waals surface area contributed by atoms with E-state index in [0.717, 1.165) is 37.0 Å². The summed E-state index contributed by atoms with van der Waals surface area (Å²) in [5, 5.41) is 21.5. The Morgan fingerprint density at radius 2 is 1.72 bits per heavy atom. The molecule has 0 aliphatic heterocycles. The molecule has 3 saturated carbocycles. The van der Waals surface area contributed by atoms with E-state index in [1.54, 1.807) is 0 Å². The van der Waals surface area contributed by atoms with Crippen LogP contribution in [-0.4, -0.2) is 22.4 Å². The molecule has 4 aliphatic carbocycles. The Hall–Kier alpha value is -0.340. The van der Waals surface area contributed by atoms with Crippen molar-refractivity contribution < 1.29 is 10.2 Å². The van der Waals surface area contributed by atoms with E-state index in [4.69, 9.17) is 0 Å². The third kappa shape index (κ3) is 3.65. The molecule has 2 heteroatoms. The SMILES string of the molecule is CC(C)CCC[C@H](C)[C@H]1CC[C@H]2[C@@H]3[C@H](O)C=C4C[C@H](O)CC[C@]4(C)[C@H]3CC[C@]12C. The zero-order valence-electron chi connectivity index (χ0n) is 19.7. The normalized spacial score (nSPS) is 47.9. The van der Waals surface area contributed by atoms with Crippen molar-refractivity contribution in [3.8, 4) is 0 Å². The first kappa shape index (κ1) is 21.9. The van der Waals surface area contributed by atoms with Crippen molar-refractivity contribution >= 4 is 0 Å². The smallest absolute Gasteiger partial charge is 0.0757 e. The Morgan fingerprint density at radius 1 is 0.966 bits per heavy atom. The lowest BCUT2D eigenvalue weighted by molar-refractivity contribution is -0.0970.